The first kappa shape index (κ1) is 17.2. The molecule has 114 valence electrons. The van der Waals surface area contributed by atoms with Crippen molar-refractivity contribution in [3.8, 4) is 5.88 Å². The van der Waals surface area contributed by atoms with Gasteiger partial charge in [0.15, 0.2) is 0 Å². The lowest BCUT2D eigenvalue weighted by Gasteiger charge is -2.16. The van der Waals surface area contributed by atoms with Crippen LogP contribution in [0.2, 0.25) is 0 Å². The number of hydrogen-bond acceptors (Lipinski definition) is 5. The fourth-order valence-electron chi connectivity index (χ4n) is 1.74. The predicted molar refractivity (Wildman–Crippen MR) is 79.5 cm³/mol. The van der Waals surface area contributed by atoms with Crippen molar-refractivity contribution >= 4 is 7.60 Å². The summed E-state index contributed by atoms with van der Waals surface area (Å²) >= 11 is 0. The van der Waals surface area contributed by atoms with Crippen LogP contribution in [0, 0.1) is 0 Å². The highest BCUT2D eigenvalue weighted by Crippen LogP contribution is 2.48. The van der Waals surface area contributed by atoms with Gasteiger partial charge in [-0.3, -0.25) is 4.57 Å². The molecule has 1 rings (SSSR count). The van der Waals surface area contributed by atoms with Crippen LogP contribution in [0.4, 0.5) is 0 Å². The molecule has 5 nitrogen and oxygen atoms in total. The molecule has 1 aromatic heterocycles. The second kappa shape index (κ2) is 9.11. The Morgan fingerprint density at radius 3 is 2.50 bits per heavy atom. The van der Waals surface area contributed by atoms with E-state index in [0.29, 0.717) is 38.3 Å². The molecule has 0 aliphatic carbocycles. The fourth-order valence-corrected chi connectivity index (χ4v) is 3.38. The smallest absolute Gasteiger partial charge is 0.330 e. The van der Waals surface area contributed by atoms with E-state index in [0.717, 1.165) is 6.42 Å². The minimum Gasteiger partial charge on any atom is -0.478 e. The molecule has 0 fully saturated rings. The van der Waals surface area contributed by atoms with Crippen molar-refractivity contribution in [2.24, 2.45) is 0 Å². The summed E-state index contributed by atoms with van der Waals surface area (Å²) in [4.78, 5) is 4.14. The average molecular weight is 301 g/mol. The van der Waals surface area contributed by atoms with Crippen LogP contribution in [0.5, 0.6) is 5.88 Å². The monoisotopic (exact) mass is 301 g/mol. The molecule has 0 saturated carbocycles. The second-order valence-electron chi connectivity index (χ2n) is 4.23. The van der Waals surface area contributed by atoms with Gasteiger partial charge < -0.3 is 13.8 Å². The zero-order valence-corrected chi connectivity index (χ0v) is 13.4. The van der Waals surface area contributed by atoms with E-state index in [9.17, 15) is 4.57 Å². The van der Waals surface area contributed by atoms with Gasteiger partial charge in [0.25, 0.3) is 0 Å². The van der Waals surface area contributed by atoms with Crippen LogP contribution in [0.1, 0.15) is 32.8 Å². The Morgan fingerprint density at radius 2 is 1.90 bits per heavy atom. The van der Waals surface area contributed by atoms with Gasteiger partial charge in [0.1, 0.15) is 0 Å². The van der Waals surface area contributed by atoms with Gasteiger partial charge in [0.2, 0.25) is 5.88 Å². The number of pyridine rings is 1. The van der Waals surface area contributed by atoms with Crippen molar-refractivity contribution in [1.82, 2.24) is 4.98 Å². The largest absolute Gasteiger partial charge is 0.478 e. The van der Waals surface area contributed by atoms with Crippen molar-refractivity contribution in [1.29, 1.82) is 0 Å². The summed E-state index contributed by atoms with van der Waals surface area (Å²) in [5.74, 6) is 0.604. The molecule has 0 bridgehead atoms. The average Bonchev–Trinajstić information content (AvgIpc) is 2.44. The maximum atomic E-state index is 12.2. The molecule has 1 heterocycles. The van der Waals surface area contributed by atoms with E-state index in [-0.39, 0.29) is 0 Å². The van der Waals surface area contributed by atoms with E-state index in [2.05, 4.69) is 11.9 Å². The van der Waals surface area contributed by atoms with E-state index in [1.54, 1.807) is 6.20 Å². The first-order chi connectivity index (χ1) is 9.63. The molecular weight excluding hydrogens is 277 g/mol. The molecule has 6 heteroatoms. The summed E-state index contributed by atoms with van der Waals surface area (Å²) in [5.41, 5.74) is 1.18. The van der Waals surface area contributed by atoms with Gasteiger partial charge in [-0.25, -0.2) is 4.98 Å². The van der Waals surface area contributed by atoms with Crippen molar-refractivity contribution < 1.29 is 18.3 Å². The molecule has 0 spiro atoms. The summed E-state index contributed by atoms with van der Waals surface area (Å²) < 4.78 is 28.2. The summed E-state index contributed by atoms with van der Waals surface area (Å²) in [6, 6.07) is 3.88. The molecule has 20 heavy (non-hydrogen) atoms. The maximum absolute atomic E-state index is 12.2. The highest BCUT2D eigenvalue weighted by Gasteiger charge is 2.22. The number of hydrogen-bond donors (Lipinski definition) is 0. The third kappa shape index (κ3) is 6.04. The second-order valence-corrected chi connectivity index (χ2v) is 6.41. The Labute approximate surface area is 121 Å². The van der Waals surface area contributed by atoms with Crippen LogP contribution in [0.25, 0.3) is 0 Å². The quantitative estimate of drug-likeness (QED) is 0.487. The van der Waals surface area contributed by atoms with Crippen molar-refractivity contribution in [3.05, 3.63) is 23.9 Å². The lowest BCUT2D eigenvalue weighted by Crippen LogP contribution is -2.06. The number of nitrogens with zero attached hydrogens (tertiary/aromatic N) is 1. The Balaban J connectivity index is 2.37. The van der Waals surface area contributed by atoms with Gasteiger partial charge in [-0.1, -0.05) is 6.92 Å². The van der Waals surface area contributed by atoms with Gasteiger partial charge in [-0.15, -0.1) is 0 Å². The van der Waals surface area contributed by atoms with Gasteiger partial charge in [0, 0.05) is 12.3 Å². The molecule has 0 amide bonds. The van der Waals surface area contributed by atoms with Crippen LogP contribution in [0.3, 0.4) is 0 Å². The van der Waals surface area contributed by atoms with Gasteiger partial charge in [-0.2, -0.15) is 0 Å². The molecule has 0 unspecified atom stereocenters. The Kier molecular flexibility index (Phi) is 7.82. The Hall–Kier alpha value is -0.900. The summed E-state index contributed by atoms with van der Waals surface area (Å²) in [6.07, 6.45) is 3.65. The first-order valence-electron chi connectivity index (χ1n) is 7.09. The standard InChI is InChI=1S/C14H24NO4P/c1-4-13-8-9-15-14(12-13)17-10-7-11-20(16,18-5-2)19-6-3/h8-9,12H,4-7,10-11H2,1-3H3. The number of ether oxygens (including phenoxy) is 1. The van der Waals surface area contributed by atoms with E-state index >= 15 is 0 Å². The highest BCUT2D eigenvalue weighted by atomic mass is 31.2. The normalized spacial score (nSPS) is 11.6. The molecule has 0 aliphatic rings. The van der Waals surface area contributed by atoms with Gasteiger partial charge >= 0.3 is 7.60 Å². The minimum absolute atomic E-state index is 0.363. The van der Waals surface area contributed by atoms with Crippen molar-refractivity contribution in [2.75, 3.05) is 26.0 Å². The SMILES string of the molecule is CCOP(=O)(CCCOc1cc(CC)ccn1)OCC. The Bertz CT molecular complexity index is 429. The molecule has 0 aromatic carbocycles. The number of aromatic nitrogens is 1. The fraction of sp³-hybridized carbons (Fsp3) is 0.643. The lowest BCUT2D eigenvalue weighted by atomic mass is 10.2. The molecule has 1 aromatic rings. The summed E-state index contributed by atoms with van der Waals surface area (Å²) in [7, 11) is -2.96. The van der Waals surface area contributed by atoms with Crippen LogP contribution in [-0.2, 0) is 20.0 Å². The summed E-state index contributed by atoms with van der Waals surface area (Å²) in [5, 5.41) is 0. The predicted octanol–water partition coefficient (Wildman–Crippen LogP) is 3.68. The van der Waals surface area contributed by atoms with Crippen LogP contribution in [0.15, 0.2) is 18.3 Å². The van der Waals surface area contributed by atoms with Crippen molar-refractivity contribution in [3.63, 3.8) is 0 Å². The molecule has 0 aliphatic heterocycles. The third-order valence-corrected chi connectivity index (χ3v) is 4.85. The maximum Gasteiger partial charge on any atom is 0.330 e. The van der Waals surface area contributed by atoms with Crippen molar-refractivity contribution in [2.45, 2.75) is 33.6 Å². The molecule has 0 saturated heterocycles. The zero-order valence-electron chi connectivity index (χ0n) is 12.5. The Morgan fingerprint density at radius 1 is 1.20 bits per heavy atom. The lowest BCUT2D eigenvalue weighted by molar-refractivity contribution is 0.216. The number of rotatable bonds is 10. The number of aryl methyl sites for hydroxylation is 1. The molecule has 0 radical (unpaired) electrons. The van der Waals surface area contributed by atoms with Crippen LogP contribution in [-0.4, -0.2) is 31.0 Å². The summed E-state index contributed by atoms with van der Waals surface area (Å²) in [6.45, 7) is 6.92. The van der Waals surface area contributed by atoms with Crippen LogP contribution >= 0.6 is 7.60 Å². The van der Waals surface area contributed by atoms with E-state index in [4.69, 9.17) is 13.8 Å². The van der Waals surface area contributed by atoms with E-state index in [1.165, 1.54) is 5.56 Å². The molecule has 0 atom stereocenters. The first-order valence-corrected chi connectivity index (χ1v) is 8.82. The minimum atomic E-state index is -2.96. The third-order valence-electron chi connectivity index (χ3n) is 2.69. The van der Waals surface area contributed by atoms with E-state index < -0.39 is 7.60 Å². The molecule has 0 N–H and O–H groups in total. The van der Waals surface area contributed by atoms with Gasteiger partial charge in [-0.05, 0) is 38.3 Å². The molecular formula is C14H24NO4P. The highest BCUT2D eigenvalue weighted by molar-refractivity contribution is 7.53. The topological polar surface area (TPSA) is 57.7 Å². The van der Waals surface area contributed by atoms with E-state index in [1.807, 2.05) is 26.0 Å². The zero-order chi connectivity index (χ0) is 14.8. The van der Waals surface area contributed by atoms with Gasteiger partial charge in [0.05, 0.1) is 26.0 Å². The van der Waals surface area contributed by atoms with Crippen LogP contribution < -0.4 is 4.74 Å².